The van der Waals surface area contributed by atoms with Crippen LogP contribution in [0, 0.1) is 0 Å². The molecule has 0 aromatic heterocycles. The Morgan fingerprint density at radius 1 is 0.525 bits per heavy atom. The minimum absolute atomic E-state index is 0.0666. The highest BCUT2D eigenvalue weighted by molar-refractivity contribution is 7.47. The molecule has 0 aromatic rings. The number of allylic oxidation sites excluding steroid dienone is 10. The Morgan fingerprint density at radius 2 is 0.949 bits per heavy atom. The summed E-state index contributed by atoms with van der Waals surface area (Å²) in [5.74, 6) is -1.16. The highest BCUT2D eigenvalue weighted by Gasteiger charge is 2.51. The normalized spacial score (nSPS) is 22.9. The molecule has 0 bridgehead atoms. The molecule has 6 N–H and O–H groups in total. The predicted molar refractivity (Wildman–Crippen MR) is 230 cm³/mol. The van der Waals surface area contributed by atoms with E-state index in [0.717, 1.165) is 70.6 Å². The number of phosphoric ester groups is 1. The SMILES string of the molecule is CCC/C=C/C/C=C/C/C=C/C/C=C/CCCCCC(=O)OC[C@@H](COP(=O)(O)OC1C(O)C(O)C(O)[C@H](O)C1O)OC(=O)CCCCC/C=C/CCCCCCCC. The fourth-order valence-corrected chi connectivity index (χ4v) is 7.18. The molecule has 14 heteroatoms. The zero-order valence-electron chi connectivity index (χ0n) is 35.8. The van der Waals surface area contributed by atoms with Gasteiger partial charge in [-0.1, -0.05) is 126 Å². The molecule has 1 fully saturated rings. The molecule has 0 saturated heterocycles. The first-order valence-corrected chi connectivity index (χ1v) is 23.6. The van der Waals surface area contributed by atoms with Gasteiger partial charge in [0.2, 0.25) is 0 Å². The molecule has 0 spiro atoms. The summed E-state index contributed by atoms with van der Waals surface area (Å²) in [7, 11) is -5.13. The summed E-state index contributed by atoms with van der Waals surface area (Å²) in [4.78, 5) is 35.6. The van der Waals surface area contributed by atoms with Crippen LogP contribution in [-0.2, 0) is 32.7 Å². The van der Waals surface area contributed by atoms with Crippen molar-refractivity contribution < 1.29 is 63.1 Å². The van der Waals surface area contributed by atoms with Crippen molar-refractivity contribution in [2.75, 3.05) is 13.2 Å². The number of ether oxygens (including phenoxy) is 2. The van der Waals surface area contributed by atoms with Gasteiger partial charge in [-0.25, -0.2) is 4.57 Å². The van der Waals surface area contributed by atoms with Crippen molar-refractivity contribution in [3.63, 3.8) is 0 Å². The number of unbranched alkanes of at least 4 members (excludes halogenated alkanes) is 13. The van der Waals surface area contributed by atoms with E-state index in [9.17, 15) is 44.6 Å². The van der Waals surface area contributed by atoms with Crippen LogP contribution in [0.2, 0.25) is 0 Å². The van der Waals surface area contributed by atoms with Crippen LogP contribution in [0.25, 0.3) is 0 Å². The number of carbonyl (C=O) groups excluding carboxylic acids is 2. The maximum absolute atomic E-state index is 12.8. The number of aliphatic hydroxyl groups excluding tert-OH is 5. The lowest BCUT2D eigenvalue weighted by molar-refractivity contribution is -0.220. The van der Waals surface area contributed by atoms with Crippen LogP contribution in [0.15, 0.2) is 60.8 Å². The standard InChI is InChI=1S/C45H77O13P/c1-3-5-7-9-11-13-15-17-18-19-20-22-23-25-27-29-31-33-38(46)55-35-37(36-56-59(53,54)58-45-43(51)41(49)40(48)42(50)44(45)52)57-39(47)34-32-30-28-26-24-21-16-14-12-10-8-6-4-2/h7,9,13,15,18-19,21-24,37,40-45,48-52H,3-6,8,10-12,14,16-17,20,25-36H2,1-2H3,(H,53,54)/b9-7+,15-13+,19-18+,23-22+,24-21+/t37-,40?,41-,42?,43?,44?,45?/m0/s1. The highest BCUT2D eigenvalue weighted by atomic mass is 31.2. The van der Waals surface area contributed by atoms with Crippen LogP contribution in [0.5, 0.6) is 0 Å². The van der Waals surface area contributed by atoms with E-state index in [2.05, 4.69) is 74.6 Å². The second-order valence-electron chi connectivity index (χ2n) is 15.2. The molecule has 0 amide bonds. The fraction of sp³-hybridized carbons (Fsp3) is 0.733. The Bertz CT molecular complexity index is 1270. The zero-order chi connectivity index (χ0) is 43.6. The first-order chi connectivity index (χ1) is 28.4. The Labute approximate surface area is 353 Å². The van der Waals surface area contributed by atoms with Crippen molar-refractivity contribution in [3.8, 4) is 0 Å². The van der Waals surface area contributed by atoms with Gasteiger partial charge in [-0.15, -0.1) is 0 Å². The third-order valence-electron chi connectivity index (χ3n) is 9.81. The van der Waals surface area contributed by atoms with Crippen LogP contribution < -0.4 is 0 Å². The van der Waals surface area contributed by atoms with Crippen molar-refractivity contribution in [2.24, 2.45) is 0 Å². The van der Waals surface area contributed by atoms with Gasteiger partial charge in [0, 0.05) is 12.8 Å². The van der Waals surface area contributed by atoms with Crippen LogP contribution >= 0.6 is 7.82 Å². The van der Waals surface area contributed by atoms with E-state index in [1.165, 1.54) is 44.9 Å². The largest absolute Gasteiger partial charge is 0.472 e. The summed E-state index contributed by atoms with van der Waals surface area (Å²) in [5.41, 5.74) is 0. The summed E-state index contributed by atoms with van der Waals surface area (Å²) < 4.78 is 33.4. The minimum atomic E-state index is -5.13. The molecule has 0 aliphatic heterocycles. The van der Waals surface area contributed by atoms with E-state index in [1.54, 1.807) is 0 Å². The summed E-state index contributed by atoms with van der Waals surface area (Å²) in [6.07, 6.45) is 28.5. The lowest BCUT2D eigenvalue weighted by atomic mass is 9.85. The average molecular weight is 857 g/mol. The van der Waals surface area contributed by atoms with Gasteiger partial charge in [-0.3, -0.25) is 18.6 Å². The first kappa shape index (κ1) is 54.6. The predicted octanol–water partition coefficient (Wildman–Crippen LogP) is 8.16. The van der Waals surface area contributed by atoms with E-state index < -0.39 is 75.7 Å². The van der Waals surface area contributed by atoms with Gasteiger partial charge in [-0.2, -0.15) is 0 Å². The number of aliphatic hydroxyl groups is 5. The molecule has 13 nitrogen and oxygen atoms in total. The number of rotatable bonds is 35. The van der Waals surface area contributed by atoms with Crippen molar-refractivity contribution in [1.29, 1.82) is 0 Å². The lowest BCUT2D eigenvalue weighted by Gasteiger charge is -2.41. The van der Waals surface area contributed by atoms with Crippen LogP contribution in [0.4, 0.5) is 0 Å². The first-order valence-electron chi connectivity index (χ1n) is 22.1. The van der Waals surface area contributed by atoms with Crippen molar-refractivity contribution in [1.82, 2.24) is 0 Å². The Balaban J connectivity index is 2.52. The number of phosphoric acid groups is 1. The molecule has 0 aromatic carbocycles. The molecular formula is C45H77O13P. The van der Waals surface area contributed by atoms with Crippen LogP contribution in [0.3, 0.4) is 0 Å². The molecule has 8 atom stereocenters. The molecule has 1 rings (SSSR count). The second kappa shape index (κ2) is 35.2. The fourth-order valence-electron chi connectivity index (χ4n) is 6.21. The Hall–Kier alpha value is -2.45. The van der Waals surface area contributed by atoms with E-state index in [1.807, 2.05) is 0 Å². The van der Waals surface area contributed by atoms with Crippen molar-refractivity contribution in [2.45, 2.75) is 198 Å². The van der Waals surface area contributed by atoms with Gasteiger partial charge in [0.15, 0.2) is 6.10 Å². The molecule has 6 unspecified atom stereocenters. The monoisotopic (exact) mass is 857 g/mol. The molecule has 1 saturated carbocycles. The number of hydrogen-bond donors (Lipinski definition) is 6. The van der Waals surface area contributed by atoms with E-state index >= 15 is 0 Å². The Morgan fingerprint density at radius 3 is 1.47 bits per heavy atom. The summed E-state index contributed by atoms with van der Waals surface area (Å²) in [6.45, 7) is 3.16. The third kappa shape index (κ3) is 27.9. The Kier molecular flexibility index (Phi) is 32.5. The van der Waals surface area contributed by atoms with Gasteiger partial charge in [0.1, 0.15) is 43.2 Å². The molecule has 0 heterocycles. The minimum Gasteiger partial charge on any atom is -0.462 e. The van der Waals surface area contributed by atoms with Gasteiger partial charge >= 0.3 is 19.8 Å². The second-order valence-corrected chi connectivity index (χ2v) is 16.6. The van der Waals surface area contributed by atoms with Crippen LogP contribution in [0.1, 0.15) is 155 Å². The van der Waals surface area contributed by atoms with E-state index in [-0.39, 0.29) is 12.8 Å². The van der Waals surface area contributed by atoms with E-state index in [4.69, 9.17) is 18.5 Å². The zero-order valence-corrected chi connectivity index (χ0v) is 36.7. The highest BCUT2D eigenvalue weighted by Crippen LogP contribution is 2.47. The molecule has 1 aliphatic carbocycles. The third-order valence-corrected chi connectivity index (χ3v) is 10.8. The summed E-state index contributed by atoms with van der Waals surface area (Å²) >= 11 is 0. The van der Waals surface area contributed by atoms with Gasteiger partial charge in [0.25, 0.3) is 0 Å². The maximum atomic E-state index is 12.8. The molecule has 1 aliphatic rings. The summed E-state index contributed by atoms with van der Waals surface area (Å²) in [6, 6.07) is 0. The smallest absolute Gasteiger partial charge is 0.462 e. The van der Waals surface area contributed by atoms with E-state index in [0.29, 0.717) is 12.8 Å². The number of esters is 2. The van der Waals surface area contributed by atoms with Gasteiger partial charge in [-0.05, 0) is 77.0 Å². The van der Waals surface area contributed by atoms with Gasteiger partial charge < -0.3 is 39.9 Å². The molecule has 0 radical (unpaired) electrons. The van der Waals surface area contributed by atoms with Crippen LogP contribution in [-0.4, -0.2) is 98.3 Å². The van der Waals surface area contributed by atoms with Gasteiger partial charge in [0.05, 0.1) is 6.61 Å². The quantitative estimate of drug-likeness (QED) is 0.0154. The number of carbonyl (C=O) groups is 2. The topological polar surface area (TPSA) is 210 Å². The molecule has 340 valence electrons. The maximum Gasteiger partial charge on any atom is 0.472 e. The molecular weight excluding hydrogens is 779 g/mol. The molecule has 59 heavy (non-hydrogen) atoms. The average Bonchev–Trinajstić information content (AvgIpc) is 3.21. The lowest BCUT2D eigenvalue weighted by Crippen LogP contribution is -2.64. The van der Waals surface area contributed by atoms with Crippen molar-refractivity contribution >= 4 is 19.8 Å². The van der Waals surface area contributed by atoms with Crippen molar-refractivity contribution in [3.05, 3.63) is 60.8 Å². The number of hydrogen-bond acceptors (Lipinski definition) is 12. The summed E-state index contributed by atoms with van der Waals surface area (Å²) in [5, 5.41) is 50.1.